The van der Waals surface area contributed by atoms with E-state index >= 15 is 0 Å². The minimum absolute atomic E-state index is 0.0328. The van der Waals surface area contributed by atoms with Gasteiger partial charge in [-0.15, -0.1) is 0 Å². The second kappa shape index (κ2) is 5.18. The average Bonchev–Trinajstić information content (AvgIpc) is 3.08. The highest BCUT2D eigenvalue weighted by Gasteiger charge is 2.39. The molecule has 5 nitrogen and oxygen atoms in total. The number of anilines is 1. The molecule has 0 saturated heterocycles. The van der Waals surface area contributed by atoms with Crippen LogP contribution in [0.1, 0.15) is 18.9 Å². The van der Waals surface area contributed by atoms with E-state index < -0.39 is 10.0 Å². The lowest BCUT2D eigenvalue weighted by atomic mass is 10.2. The molecule has 1 aliphatic rings. The van der Waals surface area contributed by atoms with Gasteiger partial charge < -0.3 is 5.32 Å². The molecule has 2 atom stereocenters. The van der Waals surface area contributed by atoms with Gasteiger partial charge >= 0.3 is 0 Å². The Kier molecular flexibility index (Phi) is 3.88. The summed E-state index contributed by atoms with van der Waals surface area (Å²) in [5, 5.41) is 2.79. The second-order valence-electron chi connectivity index (χ2n) is 5.58. The number of carbonyl (C=O) groups excluding carboxylic acids is 1. The average molecular weight is 296 g/mol. The Morgan fingerprint density at radius 1 is 1.35 bits per heavy atom. The van der Waals surface area contributed by atoms with Crippen LogP contribution >= 0.6 is 0 Å². The largest absolute Gasteiger partial charge is 0.326 e. The Morgan fingerprint density at radius 2 is 1.95 bits per heavy atom. The first-order valence-corrected chi connectivity index (χ1v) is 8.01. The number of sulfonamides is 1. The molecule has 0 spiro atoms. The minimum Gasteiger partial charge on any atom is -0.326 e. The van der Waals surface area contributed by atoms with Crippen LogP contribution < -0.4 is 5.32 Å². The van der Waals surface area contributed by atoms with E-state index in [4.69, 9.17) is 0 Å². The van der Waals surface area contributed by atoms with E-state index in [-0.39, 0.29) is 16.7 Å². The first kappa shape index (κ1) is 15.0. The lowest BCUT2D eigenvalue weighted by molar-refractivity contribution is -0.117. The van der Waals surface area contributed by atoms with Crippen molar-refractivity contribution in [1.29, 1.82) is 0 Å². The Balaban J connectivity index is 2.27. The maximum atomic E-state index is 12.2. The number of hydrogen-bond acceptors (Lipinski definition) is 3. The fourth-order valence-corrected chi connectivity index (χ4v) is 3.22. The van der Waals surface area contributed by atoms with Crippen molar-refractivity contribution < 1.29 is 13.2 Å². The van der Waals surface area contributed by atoms with Gasteiger partial charge in [-0.05, 0) is 37.0 Å². The number of rotatable bonds is 4. The summed E-state index contributed by atoms with van der Waals surface area (Å²) in [6, 6.07) is 4.97. The van der Waals surface area contributed by atoms with Crippen molar-refractivity contribution in [2.75, 3.05) is 19.4 Å². The molecule has 0 aromatic heterocycles. The summed E-state index contributed by atoms with van der Waals surface area (Å²) >= 11 is 0. The third kappa shape index (κ3) is 2.86. The Hall–Kier alpha value is -1.40. The van der Waals surface area contributed by atoms with Crippen LogP contribution in [0.25, 0.3) is 0 Å². The molecule has 0 aliphatic heterocycles. The van der Waals surface area contributed by atoms with Crippen LogP contribution in [0.4, 0.5) is 5.69 Å². The molecule has 110 valence electrons. The molecule has 1 fully saturated rings. The second-order valence-corrected chi connectivity index (χ2v) is 7.70. The van der Waals surface area contributed by atoms with Crippen molar-refractivity contribution in [1.82, 2.24) is 4.31 Å². The standard InChI is InChI=1S/C14H20N2O3S/c1-9-5-6-11(15-14(17)12-7-10(12)2)8-13(9)20(18,19)16(3)4/h5-6,8,10,12H,7H2,1-4H3,(H,15,17)/t10-,12+/m1/s1. The Labute approximate surface area is 120 Å². The molecule has 0 heterocycles. The topological polar surface area (TPSA) is 66.5 Å². The van der Waals surface area contributed by atoms with Gasteiger partial charge in [-0.1, -0.05) is 13.0 Å². The van der Waals surface area contributed by atoms with Gasteiger partial charge in [-0.25, -0.2) is 12.7 Å². The van der Waals surface area contributed by atoms with Gasteiger partial charge in [0.05, 0.1) is 4.90 Å². The summed E-state index contributed by atoms with van der Waals surface area (Å²) in [6.07, 6.45) is 0.903. The van der Waals surface area contributed by atoms with Gasteiger partial charge in [0.25, 0.3) is 0 Å². The molecule has 1 saturated carbocycles. The molecule has 1 aromatic rings. The fraction of sp³-hybridized carbons (Fsp3) is 0.500. The van der Waals surface area contributed by atoms with Crippen molar-refractivity contribution in [3.63, 3.8) is 0 Å². The van der Waals surface area contributed by atoms with Gasteiger partial charge in [0.2, 0.25) is 15.9 Å². The molecule has 2 rings (SSSR count). The zero-order chi connectivity index (χ0) is 15.1. The van der Waals surface area contributed by atoms with E-state index in [1.165, 1.54) is 24.5 Å². The smallest absolute Gasteiger partial charge is 0.242 e. The van der Waals surface area contributed by atoms with E-state index in [1.807, 2.05) is 6.92 Å². The van der Waals surface area contributed by atoms with Crippen LogP contribution in [-0.4, -0.2) is 32.7 Å². The Morgan fingerprint density at radius 3 is 2.45 bits per heavy atom. The van der Waals surface area contributed by atoms with E-state index in [0.717, 1.165) is 6.42 Å². The van der Waals surface area contributed by atoms with Crippen molar-refractivity contribution in [2.45, 2.75) is 25.2 Å². The summed E-state index contributed by atoms with van der Waals surface area (Å²) < 4.78 is 25.6. The Bertz CT molecular complexity index is 638. The number of aryl methyl sites for hydroxylation is 1. The molecule has 1 amide bonds. The quantitative estimate of drug-likeness (QED) is 0.922. The first-order valence-electron chi connectivity index (χ1n) is 6.57. The van der Waals surface area contributed by atoms with Crippen molar-refractivity contribution in [3.05, 3.63) is 23.8 Å². The van der Waals surface area contributed by atoms with Gasteiger partial charge in [0.15, 0.2) is 0 Å². The fourth-order valence-electron chi connectivity index (χ4n) is 2.07. The highest BCUT2D eigenvalue weighted by Crippen LogP contribution is 2.38. The predicted octanol–water partition coefficient (Wildman–Crippen LogP) is 1.84. The number of nitrogens with zero attached hydrogens (tertiary/aromatic N) is 1. The molecule has 1 aliphatic carbocycles. The highest BCUT2D eigenvalue weighted by molar-refractivity contribution is 7.89. The van der Waals surface area contributed by atoms with Crippen LogP contribution in [-0.2, 0) is 14.8 Å². The summed E-state index contributed by atoms with van der Waals surface area (Å²) in [4.78, 5) is 12.1. The predicted molar refractivity (Wildman–Crippen MR) is 78.0 cm³/mol. The van der Waals surface area contributed by atoms with Crippen molar-refractivity contribution in [2.24, 2.45) is 11.8 Å². The van der Waals surface area contributed by atoms with Crippen LogP contribution in [0.5, 0.6) is 0 Å². The number of hydrogen-bond donors (Lipinski definition) is 1. The molecule has 0 radical (unpaired) electrons. The van der Waals surface area contributed by atoms with E-state index in [2.05, 4.69) is 5.32 Å². The van der Waals surface area contributed by atoms with Gasteiger partial charge in [-0.3, -0.25) is 4.79 Å². The van der Waals surface area contributed by atoms with Gasteiger partial charge in [0.1, 0.15) is 0 Å². The lowest BCUT2D eigenvalue weighted by Gasteiger charge is -2.15. The van der Waals surface area contributed by atoms with E-state index in [0.29, 0.717) is 17.2 Å². The maximum Gasteiger partial charge on any atom is 0.242 e. The SMILES string of the molecule is Cc1ccc(NC(=O)[C@H]2C[C@H]2C)cc1S(=O)(=O)N(C)C. The van der Waals surface area contributed by atoms with Crippen LogP contribution in [0.2, 0.25) is 0 Å². The summed E-state index contributed by atoms with van der Waals surface area (Å²) in [5.41, 5.74) is 1.19. The molecule has 6 heteroatoms. The first-order chi connectivity index (χ1) is 9.23. The molecule has 0 unspecified atom stereocenters. The molecule has 0 bridgehead atoms. The lowest BCUT2D eigenvalue weighted by Crippen LogP contribution is -2.23. The number of benzene rings is 1. The van der Waals surface area contributed by atoms with Crippen LogP contribution in [0, 0.1) is 18.8 Å². The molecular weight excluding hydrogens is 276 g/mol. The maximum absolute atomic E-state index is 12.2. The van der Waals surface area contributed by atoms with Crippen molar-refractivity contribution in [3.8, 4) is 0 Å². The van der Waals surface area contributed by atoms with E-state index in [1.54, 1.807) is 19.1 Å². The summed E-state index contributed by atoms with van der Waals surface area (Å²) in [7, 11) is -0.515. The number of nitrogens with one attached hydrogen (secondary N) is 1. The molecule has 1 aromatic carbocycles. The molecular formula is C14H20N2O3S. The monoisotopic (exact) mass is 296 g/mol. The highest BCUT2D eigenvalue weighted by atomic mass is 32.2. The van der Waals surface area contributed by atoms with Crippen molar-refractivity contribution >= 4 is 21.6 Å². The third-order valence-electron chi connectivity index (χ3n) is 3.66. The zero-order valence-corrected chi connectivity index (χ0v) is 13.0. The molecule has 20 heavy (non-hydrogen) atoms. The zero-order valence-electron chi connectivity index (χ0n) is 12.2. The minimum atomic E-state index is -3.50. The normalized spacial score (nSPS) is 21.9. The van der Waals surface area contributed by atoms with Crippen LogP contribution in [0.15, 0.2) is 23.1 Å². The van der Waals surface area contributed by atoms with E-state index in [9.17, 15) is 13.2 Å². The summed E-state index contributed by atoms with van der Waals surface area (Å²) in [6.45, 7) is 3.77. The van der Waals surface area contributed by atoms with Gasteiger partial charge in [-0.2, -0.15) is 0 Å². The van der Waals surface area contributed by atoms with Gasteiger partial charge in [0, 0.05) is 25.7 Å². The third-order valence-corrected chi connectivity index (χ3v) is 5.62. The number of carbonyl (C=O) groups is 1. The van der Waals surface area contributed by atoms with Crippen LogP contribution in [0.3, 0.4) is 0 Å². The molecule has 1 N–H and O–H groups in total. The summed E-state index contributed by atoms with van der Waals surface area (Å²) in [5.74, 6) is 0.449. The number of amides is 1.